The van der Waals surface area contributed by atoms with Crippen LogP contribution in [-0.4, -0.2) is 27.9 Å². The van der Waals surface area contributed by atoms with Crippen molar-refractivity contribution in [1.29, 1.82) is 0 Å². The third-order valence-corrected chi connectivity index (χ3v) is 4.49. The van der Waals surface area contributed by atoms with Gasteiger partial charge >= 0.3 is 5.97 Å². The topological polar surface area (TPSA) is 76.2 Å². The molecule has 1 heterocycles. The molecule has 0 saturated carbocycles. The van der Waals surface area contributed by atoms with E-state index in [-0.39, 0.29) is 0 Å². The van der Waals surface area contributed by atoms with Gasteiger partial charge in [0.1, 0.15) is 11.1 Å². The molecule has 1 atom stereocenters. The highest BCUT2D eigenvalue weighted by atomic mass is 32.2. The Kier molecular flexibility index (Phi) is 4.95. The van der Waals surface area contributed by atoms with E-state index in [4.69, 9.17) is 10.8 Å². The molecular formula is C13H14N2O2S2. The fourth-order valence-electron chi connectivity index (χ4n) is 1.46. The van der Waals surface area contributed by atoms with Crippen LogP contribution in [0.1, 0.15) is 10.6 Å². The summed E-state index contributed by atoms with van der Waals surface area (Å²) in [7, 11) is 0. The minimum Gasteiger partial charge on any atom is -0.480 e. The van der Waals surface area contributed by atoms with Gasteiger partial charge in [-0.05, 0) is 5.56 Å². The summed E-state index contributed by atoms with van der Waals surface area (Å²) in [5.41, 5.74) is 6.67. The van der Waals surface area contributed by atoms with Crippen LogP contribution in [0.5, 0.6) is 0 Å². The molecule has 0 spiro atoms. The average molecular weight is 294 g/mol. The van der Waals surface area contributed by atoms with Crippen LogP contribution in [0.25, 0.3) is 0 Å². The number of thiazole rings is 1. The first-order valence-corrected chi connectivity index (χ1v) is 7.61. The summed E-state index contributed by atoms with van der Waals surface area (Å²) in [6.45, 7) is 0. The van der Waals surface area contributed by atoms with Gasteiger partial charge in [0, 0.05) is 17.6 Å². The Balaban J connectivity index is 1.90. The van der Waals surface area contributed by atoms with E-state index in [1.54, 1.807) is 11.3 Å². The van der Waals surface area contributed by atoms with Gasteiger partial charge in [0.15, 0.2) is 0 Å². The molecule has 0 aliphatic carbocycles. The third kappa shape index (κ3) is 4.34. The highest BCUT2D eigenvalue weighted by molar-refractivity contribution is 7.99. The number of hydrogen-bond acceptors (Lipinski definition) is 5. The first-order valence-electron chi connectivity index (χ1n) is 5.74. The predicted octanol–water partition coefficient (Wildman–Crippen LogP) is 2.24. The number of benzene rings is 1. The zero-order valence-electron chi connectivity index (χ0n) is 10.2. The Morgan fingerprint density at radius 2 is 2.16 bits per heavy atom. The van der Waals surface area contributed by atoms with Crippen LogP contribution >= 0.6 is 23.1 Å². The summed E-state index contributed by atoms with van der Waals surface area (Å²) in [5, 5.41) is 12.5. The largest absolute Gasteiger partial charge is 0.480 e. The maximum atomic E-state index is 10.6. The second kappa shape index (κ2) is 6.70. The lowest BCUT2D eigenvalue weighted by Crippen LogP contribution is -2.32. The van der Waals surface area contributed by atoms with Crippen molar-refractivity contribution < 1.29 is 9.90 Å². The number of hydrogen-bond donors (Lipinski definition) is 2. The molecular weight excluding hydrogens is 280 g/mol. The maximum Gasteiger partial charge on any atom is 0.321 e. The third-order valence-electron chi connectivity index (χ3n) is 2.46. The van der Waals surface area contributed by atoms with Crippen LogP contribution in [-0.2, 0) is 11.2 Å². The van der Waals surface area contributed by atoms with E-state index in [1.165, 1.54) is 17.3 Å². The molecule has 1 aromatic heterocycles. The number of nitrogens with two attached hydrogens (primary N) is 1. The molecule has 2 aromatic rings. The van der Waals surface area contributed by atoms with Crippen LogP contribution < -0.4 is 5.73 Å². The number of thioether (sulfide) groups is 1. The molecule has 0 saturated heterocycles. The molecule has 3 N–H and O–H groups in total. The molecule has 4 nitrogen and oxygen atoms in total. The van der Waals surface area contributed by atoms with E-state index in [9.17, 15) is 4.79 Å². The predicted molar refractivity (Wildman–Crippen MR) is 77.7 cm³/mol. The van der Waals surface area contributed by atoms with Crippen molar-refractivity contribution in [2.45, 2.75) is 17.5 Å². The van der Waals surface area contributed by atoms with E-state index < -0.39 is 12.0 Å². The van der Waals surface area contributed by atoms with Gasteiger partial charge in [0.25, 0.3) is 0 Å². The Labute approximate surface area is 119 Å². The molecule has 0 aliphatic heterocycles. The summed E-state index contributed by atoms with van der Waals surface area (Å²) in [4.78, 5) is 15.1. The van der Waals surface area contributed by atoms with Crippen LogP contribution in [0.2, 0.25) is 0 Å². The lowest BCUT2D eigenvalue weighted by atomic mass is 10.2. The van der Waals surface area contributed by atoms with Crippen molar-refractivity contribution in [3.8, 4) is 0 Å². The smallest absolute Gasteiger partial charge is 0.321 e. The van der Waals surface area contributed by atoms with Crippen LogP contribution in [0.4, 0.5) is 0 Å². The number of nitrogens with zero attached hydrogens (tertiary/aromatic N) is 1. The number of carboxylic acids is 1. The molecule has 0 aliphatic rings. The highest BCUT2D eigenvalue weighted by Crippen LogP contribution is 2.23. The molecule has 19 heavy (non-hydrogen) atoms. The lowest BCUT2D eigenvalue weighted by Gasteiger charge is -2.03. The summed E-state index contributed by atoms with van der Waals surface area (Å²) in [6.07, 6.45) is 0.803. The van der Waals surface area contributed by atoms with E-state index in [0.717, 1.165) is 16.5 Å². The van der Waals surface area contributed by atoms with E-state index in [2.05, 4.69) is 17.1 Å². The second-order valence-electron chi connectivity index (χ2n) is 4.00. The van der Waals surface area contributed by atoms with Gasteiger partial charge in [-0.15, -0.1) is 23.1 Å². The van der Waals surface area contributed by atoms with Crippen LogP contribution in [0, 0.1) is 0 Å². The lowest BCUT2D eigenvalue weighted by molar-refractivity contribution is -0.137. The Morgan fingerprint density at radius 1 is 1.42 bits per heavy atom. The zero-order chi connectivity index (χ0) is 13.7. The van der Waals surface area contributed by atoms with Crippen molar-refractivity contribution in [2.24, 2.45) is 5.73 Å². The molecule has 0 fully saturated rings. The van der Waals surface area contributed by atoms with Gasteiger partial charge in [0.2, 0.25) is 0 Å². The van der Waals surface area contributed by atoms with Crippen molar-refractivity contribution in [2.75, 3.05) is 5.75 Å². The van der Waals surface area contributed by atoms with Gasteiger partial charge in [0.05, 0.1) is 5.01 Å². The fraction of sp³-hybridized carbons (Fsp3) is 0.231. The van der Waals surface area contributed by atoms with Crippen molar-refractivity contribution in [3.63, 3.8) is 0 Å². The van der Waals surface area contributed by atoms with E-state index in [1.807, 2.05) is 23.6 Å². The number of aliphatic carboxylic acids is 1. The normalized spacial score (nSPS) is 12.3. The SMILES string of the molecule is N[C@@H](CSc1csc(Cc2ccccc2)n1)C(=O)O. The van der Waals surface area contributed by atoms with E-state index >= 15 is 0 Å². The number of aromatic nitrogens is 1. The van der Waals surface area contributed by atoms with Crippen molar-refractivity contribution in [1.82, 2.24) is 4.98 Å². The highest BCUT2D eigenvalue weighted by Gasteiger charge is 2.12. The second-order valence-corrected chi connectivity index (χ2v) is 5.98. The van der Waals surface area contributed by atoms with Crippen LogP contribution in [0.3, 0.4) is 0 Å². The molecule has 0 bridgehead atoms. The van der Waals surface area contributed by atoms with Gasteiger partial charge < -0.3 is 10.8 Å². The standard InChI is InChI=1S/C13H14N2O2S2/c14-10(13(16)17)7-18-12-8-19-11(15-12)6-9-4-2-1-3-5-9/h1-5,8,10H,6-7,14H2,(H,16,17)/t10-/m0/s1. The van der Waals surface area contributed by atoms with Gasteiger partial charge in [-0.1, -0.05) is 30.3 Å². The molecule has 6 heteroatoms. The van der Waals surface area contributed by atoms with Crippen molar-refractivity contribution in [3.05, 3.63) is 46.3 Å². The monoisotopic (exact) mass is 294 g/mol. The Hall–Kier alpha value is -1.37. The number of carboxylic acid groups (broad SMARTS) is 1. The van der Waals surface area contributed by atoms with Gasteiger partial charge in [-0.2, -0.15) is 0 Å². The zero-order valence-corrected chi connectivity index (χ0v) is 11.8. The Bertz CT molecular complexity index is 543. The molecule has 0 amide bonds. The molecule has 100 valence electrons. The first kappa shape index (κ1) is 14.0. The number of carbonyl (C=O) groups is 1. The number of rotatable bonds is 6. The van der Waals surface area contributed by atoms with Gasteiger partial charge in [-0.3, -0.25) is 4.79 Å². The summed E-state index contributed by atoms with van der Waals surface area (Å²) >= 11 is 2.97. The minimum absolute atomic E-state index is 0.337. The summed E-state index contributed by atoms with van der Waals surface area (Å²) < 4.78 is 0. The fourth-order valence-corrected chi connectivity index (χ4v) is 3.29. The molecule has 0 unspecified atom stereocenters. The van der Waals surface area contributed by atoms with Crippen LogP contribution in [0.15, 0.2) is 40.7 Å². The maximum absolute atomic E-state index is 10.6. The summed E-state index contributed by atoms with van der Waals surface area (Å²) in [5.74, 6) is -0.642. The molecule has 1 aromatic carbocycles. The minimum atomic E-state index is -0.979. The molecule has 2 rings (SSSR count). The average Bonchev–Trinajstić information content (AvgIpc) is 2.84. The summed E-state index contributed by atoms with van der Waals surface area (Å²) in [6, 6.07) is 9.28. The molecule has 0 radical (unpaired) electrons. The quantitative estimate of drug-likeness (QED) is 0.799. The Morgan fingerprint density at radius 3 is 2.84 bits per heavy atom. The van der Waals surface area contributed by atoms with E-state index in [0.29, 0.717) is 5.75 Å². The van der Waals surface area contributed by atoms with Gasteiger partial charge in [-0.25, -0.2) is 4.98 Å². The van der Waals surface area contributed by atoms with Crippen molar-refractivity contribution >= 4 is 29.1 Å². The first-order chi connectivity index (χ1) is 9.15.